The monoisotopic (exact) mass is 1380 g/mol. The van der Waals surface area contributed by atoms with E-state index < -0.39 is 100 Å². The Balaban J connectivity index is 0.000000229. The van der Waals surface area contributed by atoms with Gasteiger partial charge in [0.25, 0.3) is 11.8 Å². The van der Waals surface area contributed by atoms with Gasteiger partial charge in [-0.15, -0.1) is 0 Å². The largest absolute Gasteiger partial charge is 0.444 e. The Hall–Kier alpha value is -7.18. The van der Waals surface area contributed by atoms with Gasteiger partial charge in [-0.2, -0.15) is 0 Å². The van der Waals surface area contributed by atoms with Gasteiger partial charge in [0.05, 0.1) is 43.2 Å². The third-order valence-electron chi connectivity index (χ3n) is 19.4. The first kappa shape index (κ1) is 74.1. The van der Waals surface area contributed by atoms with Crippen molar-refractivity contribution in [1.29, 1.82) is 0 Å². The number of ketones is 2. The van der Waals surface area contributed by atoms with Gasteiger partial charge in [-0.1, -0.05) is 154 Å². The molecule has 0 bridgehead atoms. The van der Waals surface area contributed by atoms with E-state index in [1.807, 2.05) is 18.2 Å². The molecular weight excluding hydrogens is 1290 g/mol. The zero-order valence-corrected chi connectivity index (χ0v) is 58.1. The summed E-state index contributed by atoms with van der Waals surface area (Å²) in [6.07, 6.45) is 20.0. The van der Waals surface area contributed by atoms with Crippen LogP contribution < -0.4 is 31.9 Å². The predicted molar refractivity (Wildman–Crippen MR) is 363 cm³/mol. The van der Waals surface area contributed by atoms with Gasteiger partial charge in [0.2, 0.25) is 41.1 Å². The maximum absolute atomic E-state index is 14.6. The van der Waals surface area contributed by atoms with Crippen LogP contribution in [0.2, 0.25) is 10.0 Å². The van der Waals surface area contributed by atoms with Gasteiger partial charge in [0, 0.05) is 73.0 Å². The Kier molecular flexibility index (Phi) is 26.4. The lowest BCUT2D eigenvalue weighted by molar-refractivity contribution is -0.143. The van der Waals surface area contributed by atoms with Crippen molar-refractivity contribution in [1.82, 2.24) is 41.7 Å². The van der Waals surface area contributed by atoms with E-state index in [2.05, 4.69) is 42.2 Å². The molecule has 2 saturated carbocycles. The second kappa shape index (κ2) is 34.5. The number of nitrogens with zero attached hydrogens (tertiary/aromatic N) is 4. The molecule has 97 heavy (non-hydrogen) atoms. The van der Waals surface area contributed by atoms with Crippen LogP contribution in [0, 0.1) is 5.92 Å². The van der Waals surface area contributed by atoms with Gasteiger partial charge in [-0.25, -0.2) is 4.79 Å². The standard InChI is InChI=1S/C39H54ClN5O6.C32H44ClN5O8/c40-28-16-12-15-27(22-28)32-23-39(51-44-32)24-33-36(48)43-30(35(47)37(49)41-29-19-20-29)17-10-4-2-1-3-5-11-18-31(38(50)45(33)25-39)42-34(46)21-26-13-8-6-7-9-14-26;1-31(2,3)45-30(43)36-24-18-44-14-9-7-5-6-8-13-22(26(39)28(41)34-4)35-27(40)25-17-32(19-38(25)29(24)42)16-23(37-46-32)20-11-10-12-21(33)15-20/h12,15-16,22,26,29-31,33H,1-11,13-14,17-21,23-25H2,(H,41,49)(H,42,46)(H,43,48);10-12,15,22,24-25H,5-9,13-14,16-19H2,1-4H3,(H,34,41)(H,35,40)(H,36,43)/t30-,31-,33-,39+;22-,24-,25-,32+/m00/s1. The van der Waals surface area contributed by atoms with E-state index >= 15 is 0 Å². The Labute approximate surface area is 578 Å². The van der Waals surface area contributed by atoms with E-state index in [0.717, 1.165) is 114 Å². The molecule has 2 aromatic rings. The number of hydrogen-bond acceptors (Lipinski definition) is 16. The summed E-state index contributed by atoms with van der Waals surface area (Å²) in [5, 5.41) is 26.3. The van der Waals surface area contributed by atoms with Crippen LogP contribution in [-0.2, 0) is 62.3 Å². The molecule has 2 aliphatic carbocycles. The van der Waals surface area contributed by atoms with Crippen molar-refractivity contribution in [3.05, 3.63) is 69.7 Å². The first-order valence-corrected chi connectivity index (χ1v) is 36.0. The minimum Gasteiger partial charge on any atom is -0.444 e. The normalized spacial score (nSPS) is 27.6. The van der Waals surface area contributed by atoms with E-state index in [9.17, 15) is 47.9 Å². The third-order valence-corrected chi connectivity index (χ3v) is 19.9. The van der Waals surface area contributed by atoms with Crippen molar-refractivity contribution in [3.8, 4) is 0 Å². The lowest BCUT2D eigenvalue weighted by Crippen LogP contribution is -2.57. The molecule has 2 spiro atoms. The summed E-state index contributed by atoms with van der Waals surface area (Å²) in [4.78, 5) is 150. The number of alkyl carbamates (subject to hydrolysis) is 1. The van der Waals surface area contributed by atoms with Crippen molar-refractivity contribution in [2.24, 2.45) is 16.2 Å². The quantitative estimate of drug-likeness (QED) is 0.0910. The summed E-state index contributed by atoms with van der Waals surface area (Å²) in [5.41, 5.74) is -0.0336. The summed E-state index contributed by atoms with van der Waals surface area (Å²) in [5.74, 6) is -4.76. The Morgan fingerprint density at radius 2 is 1.05 bits per heavy atom. The molecule has 0 unspecified atom stereocenters. The van der Waals surface area contributed by atoms with Crippen LogP contribution in [-0.4, -0.2) is 173 Å². The van der Waals surface area contributed by atoms with Crippen molar-refractivity contribution in [2.45, 2.75) is 260 Å². The highest BCUT2D eigenvalue weighted by Gasteiger charge is 2.57. The Morgan fingerprint density at radius 3 is 1.54 bits per heavy atom. The molecule has 2 aromatic carbocycles. The molecule has 0 aromatic heterocycles. The van der Waals surface area contributed by atoms with Gasteiger partial charge < -0.3 is 60.8 Å². The highest BCUT2D eigenvalue weighted by molar-refractivity contribution is 6.39. The van der Waals surface area contributed by atoms with E-state index in [0.29, 0.717) is 72.5 Å². The number of amides is 8. The van der Waals surface area contributed by atoms with Crippen molar-refractivity contribution in [2.75, 3.05) is 33.4 Å². The fraction of sp³-hybridized carbons (Fsp3) is 0.662. The maximum atomic E-state index is 14.6. The third kappa shape index (κ3) is 21.2. The molecular formula is C71H98Cl2N10O14. The maximum Gasteiger partial charge on any atom is 0.408 e. The fourth-order valence-corrected chi connectivity index (χ4v) is 14.5. The first-order chi connectivity index (χ1) is 46.5. The highest BCUT2D eigenvalue weighted by atomic mass is 35.5. The van der Waals surface area contributed by atoms with Crippen LogP contribution >= 0.6 is 23.2 Å². The summed E-state index contributed by atoms with van der Waals surface area (Å²) >= 11 is 12.5. The molecule has 0 radical (unpaired) electrons. The summed E-state index contributed by atoms with van der Waals surface area (Å²) in [6, 6.07) is 8.32. The average molecular weight is 1390 g/mol. The van der Waals surface area contributed by atoms with E-state index in [4.69, 9.17) is 42.4 Å². The average Bonchev–Trinajstić information content (AvgIpc) is 1.61. The van der Waals surface area contributed by atoms with Gasteiger partial charge in [-0.3, -0.25) is 43.2 Å². The number of fused-ring (bicyclic) bond motifs is 2. The van der Waals surface area contributed by atoms with E-state index in [-0.39, 0.29) is 63.2 Å². The minimum atomic E-state index is -1.17. The van der Waals surface area contributed by atoms with Crippen LogP contribution in [0.15, 0.2) is 58.8 Å². The summed E-state index contributed by atoms with van der Waals surface area (Å²) in [7, 11) is 1.35. The summed E-state index contributed by atoms with van der Waals surface area (Å²) < 4.78 is 11.3. The van der Waals surface area contributed by atoms with Crippen LogP contribution in [0.25, 0.3) is 0 Å². The number of ether oxygens (including phenoxy) is 2. The van der Waals surface area contributed by atoms with Gasteiger partial charge in [0.1, 0.15) is 29.8 Å². The van der Waals surface area contributed by atoms with Gasteiger partial charge in [0.15, 0.2) is 11.2 Å². The number of oxime groups is 2. The number of benzene rings is 2. The minimum absolute atomic E-state index is 0.00839. The first-order valence-electron chi connectivity index (χ1n) is 35.2. The smallest absolute Gasteiger partial charge is 0.408 e. The molecule has 6 aliphatic heterocycles. The van der Waals surface area contributed by atoms with Crippen molar-refractivity contribution in [3.63, 3.8) is 0 Å². The van der Waals surface area contributed by atoms with Gasteiger partial charge in [-0.05, 0) is 102 Å². The molecule has 6 fully saturated rings. The summed E-state index contributed by atoms with van der Waals surface area (Å²) in [6.45, 7) is 5.41. The Bertz CT molecular complexity index is 3240. The second-order valence-electron chi connectivity index (χ2n) is 28.6. The lowest BCUT2D eigenvalue weighted by atomic mass is 9.91. The zero-order valence-electron chi connectivity index (χ0n) is 56.6. The van der Waals surface area contributed by atoms with Crippen molar-refractivity contribution >= 4 is 93.6 Å². The molecule has 6 heterocycles. The van der Waals surface area contributed by atoms with Crippen LogP contribution in [0.3, 0.4) is 0 Å². The number of hydrogen-bond donors (Lipinski definition) is 6. The molecule has 26 heteroatoms. The molecule has 8 amide bonds. The van der Waals surface area contributed by atoms with Gasteiger partial charge >= 0.3 is 6.09 Å². The highest BCUT2D eigenvalue weighted by Crippen LogP contribution is 2.42. The predicted octanol–water partition coefficient (Wildman–Crippen LogP) is 8.37. The number of carbonyl (C=O) groups is 10. The number of halogens is 2. The van der Waals surface area contributed by atoms with E-state index in [1.165, 1.54) is 29.7 Å². The van der Waals surface area contributed by atoms with Crippen LogP contribution in [0.1, 0.15) is 212 Å². The molecule has 530 valence electrons. The molecule has 4 saturated heterocycles. The van der Waals surface area contributed by atoms with Crippen LogP contribution in [0.4, 0.5) is 4.79 Å². The molecule has 8 aliphatic rings. The van der Waals surface area contributed by atoms with E-state index in [1.54, 1.807) is 51.1 Å². The molecule has 6 N–H and O–H groups in total. The SMILES string of the molecule is CNC(=O)C(=O)[C@@H]1CCCCCCCOC[C@H](NC(=O)OC(C)(C)C)C(=O)N2C[C@@]3(CC(c4cccc(Cl)c4)=NO3)C[C@H]2C(=O)N1.O=C(CC1CCCCCC1)N[C@H]1CCCCCCCCC[C@@H](C(=O)C(=O)NC2CC2)NC(=O)[C@@H]2C[C@]3(CC(c4cccc(Cl)c4)=NO3)CN2C1=O. The number of likely N-dealkylation sites (N-methyl/N-ethyl adjacent to an activating group) is 1. The zero-order chi connectivity index (χ0) is 69.3. The number of Topliss-reactive ketones (excluding diaryl/α,β-unsaturated/α-hetero) is 2. The Morgan fingerprint density at radius 1 is 0.588 bits per heavy atom. The lowest BCUT2D eigenvalue weighted by Gasteiger charge is -2.30. The fourth-order valence-electron chi connectivity index (χ4n) is 14.1. The van der Waals surface area contributed by atoms with Crippen LogP contribution in [0.5, 0.6) is 0 Å². The number of carbonyl (C=O) groups excluding carboxylic acids is 10. The topological polar surface area (TPSA) is 311 Å². The number of rotatable bonds is 11. The molecule has 8 atom stereocenters. The molecule has 24 nitrogen and oxygen atoms in total. The van der Waals surface area contributed by atoms with Crippen molar-refractivity contribution < 1.29 is 67.1 Å². The number of nitrogens with one attached hydrogen (secondary N) is 6. The second-order valence-corrected chi connectivity index (χ2v) is 29.5. The molecule has 10 rings (SSSR count).